The van der Waals surface area contributed by atoms with Crippen LogP contribution >= 0.6 is 0 Å². The van der Waals surface area contributed by atoms with Crippen molar-refractivity contribution in [1.82, 2.24) is 0 Å². The fourth-order valence-electron chi connectivity index (χ4n) is 2.97. The molecule has 0 heterocycles. The van der Waals surface area contributed by atoms with Crippen LogP contribution in [0.3, 0.4) is 0 Å². The second-order valence-electron chi connectivity index (χ2n) is 5.51. The third-order valence-electron chi connectivity index (χ3n) is 4.09. The molecule has 1 fully saturated rings. The summed E-state index contributed by atoms with van der Waals surface area (Å²) < 4.78 is 29.7. The fourth-order valence-corrected chi connectivity index (χ4v) is 2.97. The number of halogens is 2. The summed E-state index contributed by atoms with van der Waals surface area (Å²) in [5, 5.41) is 0. The molecule has 0 aliphatic heterocycles. The Bertz CT molecular complexity index is 445. The van der Waals surface area contributed by atoms with Crippen LogP contribution in [0.25, 0.3) is 0 Å². The van der Waals surface area contributed by atoms with Gasteiger partial charge in [0.05, 0.1) is 0 Å². The maximum Gasteiger partial charge on any atom is 0.387 e. The lowest BCUT2D eigenvalue weighted by Crippen LogP contribution is -2.07. The van der Waals surface area contributed by atoms with Crippen molar-refractivity contribution in [3.63, 3.8) is 0 Å². The Morgan fingerprint density at radius 2 is 2.06 bits per heavy atom. The molecule has 0 saturated heterocycles. The minimum atomic E-state index is -2.79. The molecule has 2 N–H and O–H groups in total. The van der Waals surface area contributed by atoms with E-state index in [2.05, 4.69) is 18.6 Å². The van der Waals surface area contributed by atoms with E-state index in [-0.39, 0.29) is 11.3 Å². The van der Waals surface area contributed by atoms with Gasteiger partial charge < -0.3 is 10.5 Å². The Morgan fingerprint density at radius 1 is 1.39 bits per heavy atom. The van der Waals surface area contributed by atoms with Gasteiger partial charge in [0.15, 0.2) is 0 Å². The van der Waals surface area contributed by atoms with Gasteiger partial charge in [-0.3, -0.25) is 0 Å². The summed E-state index contributed by atoms with van der Waals surface area (Å²) >= 11 is 0. The van der Waals surface area contributed by atoms with E-state index in [1.165, 1.54) is 0 Å². The molecular weight excluding hydrogens is 236 g/mol. The van der Waals surface area contributed by atoms with Crippen LogP contribution < -0.4 is 10.5 Å². The fraction of sp³-hybridized carbons (Fsp3) is 0.571. The third kappa shape index (κ3) is 2.09. The number of benzene rings is 1. The largest absolute Gasteiger partial charge is 0.434 e. The van der Waals surface area contributed by atoms with Crippen LogP contribution in [0.5, 0.6) is 5.75 Å². The molecule has 0 amide bonds. The van der Waals surface area contributed by atoms with Crippen molar-refractivity contribution < 1.29 is 13.5 Å². The van der Waals surface area contributed by atoms with Crippen LogP contribution in [-0.2, 0) is 0 Å². The molecule has 0 aromatic heterocycles. The minimum absolute atomic E-state index is 0.0583. The van der Waals surface area contributed by atoms with E-state index in [1.807, 2.05) is 12.1 Å². The van der Waals surface area contributed by atoms with Gasteiger partial charge in [-0.1, -0.05) is 32.0 Å². The van der Waals surface area contributed by atoms with Crippen molar-refractivity contribution in [2.24, 2.45) is 17.1 Å². The topological polar surface area (TPSA) is 35.2 Å². The molecule has 0 radical (unpaired) electrons. The van der Waals surface area contributed by atoms with E-state index < -0.39 is 6.61 Å². The summed E-state index contributed by atoms with van der Waals surface area (Å²) in [6.45, 7) is 3.80. The highest BCUT2D eigenvalue weighted by Gasteiger charge is 2.58. The van der Waals surface area contributed by atoms with Crippen LogP contribution in [0, 0.1) is 18.3 Å². The van der Waals surface area contributed by atoms with Gasteiger partial charge in [-0.15, -0.1) is 0 Å². The lowest BCUT2D eigenvalue weighted by Gasteiger charge is -2.14. The number of alkyl halides is 2. The van der Waals surface area contributed by atoms with Gasteiger partial charge in [0.2, 0.25) is 0 Å². The van der Waals surface area contributed by atoms with Gasteiger partial charge in [-0.2, -0.15) is 8.78 Å². The first-order valence-electron chi connectivity index (χ1n) is 6.14. The van der Waals surface area contributed by atoms with E-state index in [9.17, 15) is 8.78 Å². The van der Waals surface area contributed by atoms with E-state index in [0.29, 0.717) is 18.2 Å². The number of aryl methyl sites for hydroxylation is 1. The van der Waals surface area contributed by atoms with E-state index in [0.717, 1.165) is 11.1 Å². The van der Waals surface area contributed by atoms with Gasteiger partial charge in [-0.05, 0) is 41.8 Å². The monoisotopic (exact) mass is 255 g/mol. The first-order valence-corrected chi connectivity index (χ1v) is 6.14. The van der Waals surface area contributed by atoms with Crippen LogP contribution in [-0.4, -0.2) is 13.2 Å². The molecule has 0 spiro atoms. The lowest BCUT2D eigenvalue weighted by atomic mass is 10.00. The molecule has 2 atom stereocenters. The van der Waals surface area contributed by atoms with Crippen LogP contribution in [0.4, 0.5) is 8.78 Å². The molecule has 1 saturated carbocycles. The maximum absolute atomic E-state index is 12.5. The van der Waals surface area contributed by atoms with Crippen LogP contribution in [0.1, 0.15) is 30.9 Å². The highest BCUT2D eigenvalue weighted by molar-refractivity contribution is 5.47. The van der Waals surface area contributed by atoms with Crippen molar-refractivity contribution in [2.45, 2.75) is 33.3 Å². The number of para-hydroxylation sites is 1. The van der Waals surface area contributed by atoms with Crippen molar-refractivity contribution in [3.8, 4) is 5.75 Å². The predicted octanol–water partition coefficient (Wildman–Crippen LogP) is 3.29. The summed E-state index contributed by atoms with van der Waals surface area (Å²) in [6, 6.07) is 5.53. The molecule has 2 rings (SSSR count). The number of hydrogen-bond acceptors (Lipinski definition) is 2. The zero-order chi connectivity index (χ0) is 13.5. The maximum atomic E-state index is 12.5. The number of hydrogen-bond donors (Lipinski definition) is 1. The second-order valence-corrected chi connectivity index (χ2v) is 5.51. The zero-order valence-corrected chi connectivity index (χ0v) is 10.9. The molecule has 0 bridgehead atoms. The third-order valence-corrected chi connectivity index (χ3v) is 4.09. The van der Waals surface area contributed by atoms with E-state index in [1.54, 1.807) is 13.0 Å². The molecule has 1 aliphatic carbocycles. The highest BCUT2D eigenvalue weighted by Crippen LogP contribution is 2.65. The molecule has 18 heavy (non-hydrogen) atoms. The Morgan fingerprint density at radius 3 is 2.56 bits per heavy atom. The second kappa shape index (κ2) is 4.50. The van der Waals surface area contributed by atoms with Gasteiger partial charge in [-0.25, -0.2) is 0 Å². The molecule has 4 heteroatoms. The van der Waals surface area contributed by atoms with E-state index in [4.69, 9.17) is 5.73 Å². The average Bonchev–Trinajstić information content (AvgIpc) is 2.82. The van der Waals surface area contributed by atoms with Gasteiger partial charge in [0, 0.05) is 0 Å². The Kier molecular flexibility index (Phi) is 3.32. The summed E-state index contributed by atoms with van der Waals surface area (Å²) in [6.07, 6.45) is 0. The first kappa shape index (κ1) is 13.3. The smallest absolute Gasteiger partial charge is 0.387 e. The normalized spacial score (nSPS) is 25.3. The predicted molar refractivity (Wildman–Crippen MR) is 66.9 cm³/mol. The van der Waals surface area contributed by atoms with Gasteiger partial charge >= 0.3 is 6.61 Å². The van der Waals surface area contributed by atoms with E-state index >= 15 is 0 Å². The molecule has 100 valence electrons. The van der Waals surface area contributed by atoms with Gasteiger partial charge in [0.25, 0.3) is 0 Å². The van der Waals surface area contributed by atoms with Crippen LogP contribution in [0.2, 0.25) is 0 Å². The SMILES string of the molecule is Cc1cccc([C@@H]2[C@@H](CN)C2(C)C)c1OC(F)F. The molecule has 1 aliphatic rings. The summed E-state index contributed by atoms with van der Waals surface area (Å²) in [7, 11) is 0. The first-order chi connectivity index (χ1) is 8.39. The summed E-state index contributed by atoms with van der Waals surface area (Å²) in [5.74, 6) is 0.858. The molecule has 0 unspecified atom stereocenters. The van der Waals surface area contributed by atoms with Crippen molar-refractivity contribution in [3.05, 3.63) is 29.3 Å². The summed E-state index contributed by atoms with van der Waals surface area (Å²) in [5.41, 5.74) is 7.39. The van der Waals surface area contributed by atoms with Crippen molar-refractivity contribution in [1.29, 1.82) is 0 Å². The number of rotatable bonds is 4. The molecule has 1 aromatic rings. The average molecular weight is 255 g/mol. The lowest BCUT2D eigenvalue weighted by molar-refractivity contribution is -0.0509. The summed E-state index contributed by atoms with van der Waals surface area (Å²) in [4.78, 5) is 0. The molecule has 1 aromatic carbocycles. The highest BCUT2D eigenvalue weighted by atomic mass is 19.3. The Hall–Kier alpha value is -1.16. The van der Waals surface area contributed by atoms with Crippen molar-refractivity contribution >= 4 is 0 Å². The minimum Gasteiger partial charge on any atom is -0.434 e. The van der Waals surface area contributed by atoms with Crippen molar-refractivity contribution in [2.75, 3.05) is 6.54 Å². The zero-order valence-electron chi connectivity index (χ0n) is 10.9. The molecule has 2 nitrogen and oxygen atoms in total. The standard InChI is InChI=1S/C14H19F2NO/c1-8-5-4-6-9(12(8)18-13(15)16)11-10(7-17)14(11,2)3/h4-6,10-11,13H,7,17H2,1-3H3/t10-,11-/m1/s1. The quantitative estimate of drug-likeness (QED) is 0.896. The number of ether oxygens (including phenoxy) is 1. The Balaban J connectivity index is 2.37. The number of nitrogens with two attached hydrogens (primary N) is 1. The van der Waals surface area contributed by atoms with Gasteiger partial charge in [0.1, 0.15) is 5.75 Å². The molecular formula is C14H19F2NO. The van der Waals surface area contributed by atoms with Crippen LogP contribution in [0.15, 0.2) is 18.2 Å². The Labute approximate surface area is 106 Å².